The zero-order valence-corrected chi connectivity index (χ0v) is 17.7. The Labute approximate surface area is 177 Å². The highest BCUT2D eigenvalue weighted by Gasteiger charge is 2.30. The van der Waals surface area contributed by atoms with E-state index in [1.54, 1.807) is 0 Å². The predicted octanol–water partition coefficient (Wildman–Crippen LogP) is 4.37. The van der Waals surface area contributed by atoms with Gasteiger partial charge in [-0.3, -0.25) is 14.8 Å². The fourth-order valence-electron chi connectivity index (χ4n) is 4.23. The quantitative estimate of drug-likeness (QED) is 0.614. The minimum Gasteiger partial charge on any atom is -0.324 e. The minimum absolute atomic E-state index is 0.0281. The summed E-state index contributed by atoms with van der Waals surface area (Å²) in [5, 5.41) is 10.7. The van der Waals surface area contributed by atoms with Crippen molar-refractivity contribution in [3.63, 3.8) is 0 Å². The summed E-state index contributed by atoms with van der Waals surface area (Å²) in [6, 6.07) is 16.3. The number of para-hydroxylation sites is 1. The molecule has 1 fully saturated rings. The molecule has 1 amide bonds. The lowest BCUT2D eigenvalue weighted by atomic mass is 10.0. The van der Waals surface area contributed by atoms with Crippen molar-refractivity contribution in [2.75, 3.05) is 18.4 Å². The average molecular weight is 404 g/mol. The maximum atomic E-state index is 12.9. The van der Waals surface area contributed by atoms with E-state index in [9.17, 15) is 4.79 Å². The van der Waals surface area contributed by atoms with Gasteiger partial charge in [0.25, 0.3) is 0 Å². The van der Waals surface area contributed by atoms with Crippen molar-refractivity contribution in [1.82, 2.24) is 20.1 Å². The van der Waals surface area contributed by atoms with Crippen molar-refractivity contribution in [3.05, 3.63) is 65.5 Å². The summed E-state index contributed by atoms with van der Waals surface area (Å²) in [4.78, 5) is 19.8. The van der Waals surface area contributed by atoms with Gasteiger partial charge in [0.15, 0.2) is 5.82 Å². The molecule has 3 aromatic rings. The van der Waals surface area contributed by atoms with Gasteiger partial charge in [0.2, 0.25) is 5.91 Å². The van der Waals surface area contributed by atoms with Crippen LogP contribution < -0.4 is 5.32 Å². The second-order valence-corrected chi connectivity index (χ2v) is 7.75. The predicted molar refractivity (Wildman–Crippen MR) is 119 cm³/mol. The van der Waals surface area contributed by atoms with Crippen LogP contribution in [0.4, 0.5) is 5.69 Å². The van der Waals surface area contributed by atoms with E-state index in [1.165, 1.54) is 11.1 Å². The Morgan fingerprint density at radius 3 is 2.53 bits per heavy atom. The van der Waals surface area contributed by atoms with Gasteiger partial charge in [-0.2, -0.15) is 5.10 Å². The van der Waals surface area contributed by atoms with Gasteiger partial charge in [-0.15, -0.1) is 0 Å². The first-order valence-corrected chi connectivity index (χ1v) is 10.8. The summed E-state index contributed by atoms with van der Waals surface area (Å²) < 4.78 is 0. The number of likely N-dealkylation sites (tertiary alicyclic amines) is 1. The van der Waals surface area contributed by atoms with E-state index < -0.39 is 0 Å². The van der Waals surface area contributed by atoms with Crippen LogP contribution in [0.25, 0.3) is 11.4 Å². The molecule has 0 unspecified atom stereocenters. The molecule has 2 aromatic carbocycles. The van der Waals surface area contributed by atoms with Gasteiger partial charge in [0, 0.05) is 11.3 Å². The lowest BCUT2D eigenvalue weighted by Gasteiger charge is -2.22. The molecule has 1 aliphatic heterocycles. The number of hydrogen-bond donors (Lipinski definition) is 2. The third kappa shape index (κ3) is 4.28. The van der Waals surface area contributed by atoms with Crippen molar-refractivity contribution in [3.8, 4) is 11.4 Å². The van der Waals surface area contributed by atoms with Crippen molar-refractivity contribution in [1.29, 1.82) is 0 Å². The number of amides is 1. The number of aromatic amines is 1. The largest absolute Gasteiger partial charge is 0.324 e. The number of aromatic nitrogens is 3. The third-order valence-electron chi connectivity index (χ3n) is 5.82. The summed E-state index contributed by atoms with van der Waals surface area (Å²) in [5.74, 6) is 1.56. The molecule has 2 N–H and O–H groups in total. The van der Waals surface area contributed by atoms with E-state index >= 15 is 0 Å². The van der Waals surface area contributed by atoms with Crippen molar-refractivity contribution in [2.24, 2.45) is 0 Å². The average Bonchev–Trinajstić information content (AvgIpc) is 3.44. The molecule has 0 bridgehead atoms. The first-order valence-electron chi connectivity index (χ1n) is 10.8. The summed E-state index contributed by atoms with van der Waals surface area (Å²) in [6.07, 6.45) is 3.82. The number of aryl methyl sites for hydroxylation is 2. The SMILES string of the molecule is CCc1cccc(CC)c1NC(=O)CN1CCC[C@@H]1c1nc(-c2ccccc2)n[nH]1. The number of benzene rings is 2. The smallest absolute Gasteiger partial charge is 0.238 e. The number of carbonyl (C=O) groups is 1. The van der Waals surface area contributed by atoms with Crippen molar-refractivity contribution in [2.45, 2.75) is 45.6 Å². The fraction of sp³-hybridized carbons (Fsp3) is 0.375. The molecule has 1 atom stereocenters. The Morgan fingerprint density at radius 1 is 1.10 bits per heavy atom. The molecule has 2 heterocycles. The fourth-order valence-corrected chi connectivity index (χ4v) is 4.23. The first-order chi connectivity index (χ1) is 14.7. The van der Waals surface area contributed by atoms with Crippen LogP contribution in [-0.4, -0.2) is 39.1 Å². The monoisotopic (exact) mass is 403 g/mol. The third-order valence-corrected chi connectivity index (χ3v) is 5.82. The summed E-state index contributed by atoms with van der Waals surface area (Å²) in [6.45, 7) is 5.48. The van der Waals surface area contributed by atoms with Crippen LogP contribution >= 0.6 is 0 Å². The molecule has 1 aromatic heterocycles. The molecule has 0 aliphatic carbocycles. The summed E-state index contributed by atoms with van der Waals surface area (Å²) in [5.41, 5.74) is 4.34. The van der Waals surface area contributed by atoms with Gasteiger partial charge in [-0.1, -0.05) is 62.4 Å². The maximum absolute atomic E-state index is 12.9. The molecule has 156 valence electrons. The van der Waals surface area contributed by atoms with E-state index in [2.05, 4.69) is 52.5 Å². The molecule has 6 heteroatoms. The standard InChI is InChI=1S/C24H29N5O/c1-3-17-12-8-13-18(4-2)22(17)25-21(30)16-29-15-9-14-20(29)24-26-23(27-28-24)19-10-6-5-7-11-19/h5-8,10-13,20H,3-4,9,14-16H2,1-2H3,(H,25,30)(H,26,27,28)/t20-/m1/s1. The second kappa shape index (κ2) is 9.22. The highest BCUT2D eigenvalue weighted by atomic mass is 16.2. The van der Waals surface area contributed by atoms with Crippen LogP contribution in [0, 0.1) is 0 Å². The number of H-pyrrole nitrogens is 1. The molecule has 0 spiro atoms. The van der Waals surface area contributed by atoms with Gasteiger partial charge in [-0.25, -0.2) is 4.98 Å². The molecule has 0 saturated carbocycles. The normalized spacial score (nSPS) is 16.7. The van der Waals surface area contributed by atoms with Gasteiger partial charge in [-0.05, 0) is 43.4 Å². The Morgan fingerprint density at radius 2 is 1.83 bits per heavy atom. The topological polar surface area (TPSA) is 73.9 Å². The van der Waals surface area contributed by atoms with Crippen LogP contribution in [-0.2, 0) is 17.6 Å². The lowest BCUT2D eigenvalue weighted by molar-refractivity contribution is -0.117. The number of hydrogen-bond acceptors (Lipinski definition) is 4. The highest BCUT2D eigenvalue weighted by Crippen LogP contribution is 2.31. The van der Waals surface area contributed by atoms with E-state index in [0.717, 1.165) is 49.3 Å². The molecule has 0 radical (unpaired) electrons. The number of nitrogens with zero attached hydrogens (tertiary/aromatic N) is 3. The molecule has 1 aliphatic rings. The highest BCUT2D eigenvalue weighted by molar-refractivity contribution is 5.94. The number of carbonyl (C=O) groups excluding carboxylic acids is 1. The number of rotatable bonds is 7. The van der Waals surface area contributed by atoms with Gasteiger partial charge >= 0.3 is 0 Å². The van der Waals surface area contributed by atoms with E-state index in [4.69, 9.17) is 4.98 Å². The first kappa shape index (κ1) is 20.3. The Hall–Kier alpha value is -2.99. The molecule has 1 saturated heterocycles. The zero-order valence-electron chi connectivity index (χ0n) is 17.7. The molecule has 30 heavy (non-hydrogen) atoms. The number of anilines is 1. The molecule has 4 rings (SSSR count). The maximum Gasteiger partial charge on any atom is 0.238 e. The van der Waals surface area contributed by atoms with E-state index in [-0.39, 0.29) is 11.9 Å². The van der Waals surface area contributed by atoms with E-state index in [0.29, 0.717) is 12.4 Å². The molecular formula is C24H29N5O. The van der Waals surface area contributed by atoms with Crippen LogP contribution in [0.15, 0.2) is 48.5 Å². The van der Waals surface area contributed by atoms with Crippen molar-refractivity contribution >= 4 is 11.6 Å². The Bertz CT molecular complexity index is 976. The second-order valence-electron chi connectivity index (χ2n) is 7.75. The Kier molecular flexibility index (Phi) is 6.23. The summed E-state index contributed by atoms with van der Waals surface area (Å²) >= 11 is 0. The van der Waals surface area contributed by atoms with Gasteiger partial charge < -0.3 is 5.32 Å². The van der Waals surface area contributed by atoms with Crippen LogP contribution in [0.2, 0.25) is 0 Å². The van der Waals surface area contributed by atoms with Crippen LogP contribution in [0.3, 0.4) is 0 Å². The minimum atomic E-state index is 0.0281. The van der Waals surface area contributed by atoms with Crippen LogP contribution in [0.5, 0.6) is 0 Å². The van der Waals surface area contributed by atoms with Crippen LogP contribution in [0.1, 0.15) is 49.7 Å². The Balaban J connectivity index is 1.46. The molecular weight excluding hydrogens is 374 g/mol. The summed E-state index contributed by atoms with van der Waals surface area (Å²) in [7, 11) is 0. The van der Waals surface area contributed by atoms with Gasteiger partial charge in [0.05, 0.1) is 12.6 Å². The molecule has 6 nitrogen and oxygen atoms in total. The number of nitrogens with one attached hydrogen (secondary N) is 2. The van der Waals surface area contributed by atoms with Gasteiger partial charge in [0.1, 0.15) is 5.82 Å². The van der Waals surface area contributed by atoms with Crippen molar-refractivity contribution < 1.29 is 4.79 Å². The van der Waals surface area contributed by atoms with E-state index in [1.807, 2.05) is 30.3 Å². The zero-order chi connectivity index (χ0) is 20.9. The lowest BCUT2D eigenvalue weighted by Crippen LogP contribution is -2.33.